The Morgan fingerprint density at radius 1 is 1.23 bits per heavy atom. The molecule has 0 aliphatic carbocycles. The van der Waals surface area contributed by atoms with Crippen molar-refractivity contribution in [1.82, 2.24) is 15.8 Å². The molecule has 1 fully saturated rings. The number of furan rings is 1. The maximum Gasteiger partial charge on any atom is 0.344 e. The zero-order valence-corrected chi connectivity index (χ0v) is 16.8. The number of methoxy groups -OCH3 is 1. The van der Waals surface area contributed by atoms with Crippen molar-refractivity contribution >= 4 is 28.8 Å². The van der Waals surface area contributed by atoms with Crippen molar-refractivity contribution in [3.05, 3.63) is 65.4 Å². The number of benzene rings is 2. The van der Waals surface area contributed by atoms with Crippen molar-refractivity contribution in [2.45, 2.75) is 25.8 Å². The number of hydrogen-bond donors (Lipinski definition) is 2. The minimum atomic E-state index is -1.32. The van der Waals surface area contributed by atoms with Gasteiger partial charge in [-0.15, -0.1) is 0 Å². The number of carbonyl (C=O) groups is 3. The molecule has 2 heterocycles. The van der Waals surface area contributed by atoms with E-state index < -0.39 is 23.4 Å². The standard InChI is InChI=1S/C22H21N3O5/c1-13-7-8-17-14(12-30-18(17)9-13)10-19(26)24-25-20(27)22(2,23-21(25)28)15-5-4-6-16(11-15)29-3/h4-9,11-12H,10H2,1-3H3,(H,23,28)(H,24,26)/t22-/m0/s1. The Bertz CT molecular complexity index is 1170. The van der Waals surface area contributed by atoms with Crippen LogP contribution >= 0.6 is 0 Å². The SMILES string of the molecule is COc1cccc([C@]2(C)NC(=O)N(NC(=O)Cc3coc4cc(C)ccc34)C2=O)c1. The first kappa shape index (κ1) is 19.5. The zero-order chi connectivity index (χ0) is 21.5. The van der Waals surface area contributed by atoms with Crippen LogP contribution in [0.3, 0.4) is 0 Å². The fourth-order valence-electron chi connectivity index (χ4n) is 3.53. The summed E-state index contributed by atoms with van der Waals surface area (Å²) in [5, 5.41) is 4.18. The molecule has 8 heteroatoms. The van der Waals surface area contributed by atoms with Crippen molar-refractivity contribution in [2.75, 3.05) is 7.11 Å². The largest absolute Gasteiger partial charge is 0.497 e. The third kappa shape index (κ3) is 3.26. The average Bonchev–Trinajstić information content (AvgIpc) is 3.21. The summed E-state index contributed by atoms with van der Waals surface area (Å²) in [5.74, 6) is -0.529. The van der Waals surface area contributed by atoms with Crippen LogP contribution in [0.15, 0.2) is 53.1 Å². The summed E-state index contributed by atoms with van der Waals surface area (Å²) >= 11 is 0. The Labute approximate surface area is 172 Å². The second kappa shape index (κ2) is 7.22. The number of hydrazine groups is 1. The molecule has 4 amide bonds. The predicted octanol–water partition coefficient (Wildman–Crippen LogP) is 2.79. The maximum absolute atomic E-state index is 13.0. The number of hydrogen-bond acceptors (Lipinski definition) is 5. The van der Waals surface area contributed by atoms with E-state index in [4.69, 9.17) is 9.15 Å². The first-order chi connectivity index (χ1) is 14.3. The van der Waals surface area contributed by atoms with E-state index in [1.165, 1.54) is 13.4 Å². The molecular formula is C22H21N3O5. The van der Waals surface area contributed by atoms with E-state index in [0.717, 1.165) is 10.9 Å². The third-order valence-electron chi connectivity index (χ3n) is 5.24. The minimum Gasteiger partial charge on any atom is -0.497 e. The minimum absolute atomic E-state index is 0.0387. The molecule has 0 bridgehead atoms. The van der Waals surface area contributed by atoms with Gasteiger partial charge in [0.1, 0.15) is 16.9 Å². The Balaban J connectivity index is 1.52. The Hall–Kier alpha value is -3.81. The van der Waals surface area contributed by atoms with Gasteiger partial charge in [0, 0.05) is 10.9 Å². The summed E-state index contributed by atoms with van der Waals surface area (Å²) in [5.41, 5.74) is 4.03. The first-order valence-electron chi connectivity index (χ1n) is 9.39. The van der Waals surface area contributed by atoms with Crippen LogP contribution in [0.2, 0.25) is 0 Å². The molecule has 2 aromatic carbocycles. The van der Waals surface area contributed by atoms with Crippen molar-refractivity contribution in [2.24, 2.45) is 0 Å². The van der Waals surface area contributed by atoms with Crippen LogP contribution in [0, 0.1) is 6.92 Å². The number of ether oxygens (including phenoxy) is 1. The lowest BCUT2D eigenvalue weighted by Crippen LogP contribution is -2.48. The lowest BCUT2D eigenvalue weighted by Gasteiger charge is -2.22. The van der Waals surface area contributed by atoms with Crippen LogP contribution in [0.1, 0.15) is 23.6 Å². The number of amides is 4. The molecule has 30 heavy (non-hydrogen) atoms. The van der Waals surface area contributed by atoms with Crippen LogP contribution < -0.4 is 15.5 Å². The number of urea groups is 1. The predicted molar refractivity (Wildman–Crippen MR) is 109 cm³/mol. The molecule has 1 saturated heterocycles. The van der Waals surface area contributed by atoms with E-state index in [2.05, 4.69) is 10.7 Å². The molecule has 4 rings (SSSR count). The Morgan fingerprint density at radius 2 is 2.03 bits per heavy atom. The molecule has 8 nitrogen and oxygen atoms in total. The number of nitrogens with one attached hydrogen (secondary N) is 2. The van der Waals surface area contributed by atoms with Gasteiger partial charge in [-0.1, -0.05) is 24.3 Å². The van der Waals surface area contributed by atoms with Gasteiger partial charge in [-0.25, -0.2) is 4.79 Å². The molecule has 1 aromatic heterocycles. The van der Waals surface area contributed by atoms with Gasteiger partial charge in [-0.3, -0.25) is 15.0 Å². The normalized spacial score (nSPS) is 18.6. The van der Waals surface area contributed by atoms with Crippen molar-refractivity contribution in [3.8, 4) is 5.75 Å². The highest BCUT2D eigenvalue weighted by atomic mass is 16.5. The highest BCUT2D eigenvalue weighted by Gasteiger charge is 2.50. The van der Waals surface area contributed by atoms with Crippen molar-refractivity contribution in [3.63, 3.8) is 0 Å². The van der Waals surface area contributed by atoms with E-state index in [1.807, 2.05) is 25.1 Å². The number of aryl methyl sites for hydroxylation is 1. The highest BCUT2D eigenvalue weighted by molar-refractivity contribution is 6.08. The molecular weight excluding hydrogens is 386 g/mol. The maximum atomic E-state index is 13.0. The number of nitrogens with zero attached hydrogens (tertiary/aromatic N) is 1. The topological polar surface area (TPSA) is 101 Å². The monoisotopic (exact) mass is 407 g/mol. The lowest BCUT2D eigenvalue weighted by atomic mass is 9.92. The number of carbonyl (C=O) groups excluding carboxylic acids is 3. The quantitative estimate of drug-likeness (QED) is 0.634. The summed E-state index contributed by atoms with van der Waals surface area (Å²) in [6, 6.07) is 11.8. The molecule has 2 N–H and O–H groups in total. The van der Waals surface area contributed by atoms with Crippen LogP contribution in [0.5, 0.6) is 5.75 Å². The summed E-state index contributed by atoms with van der Waals surface area (Å²) < 4.78 is 10.7. The van der Waals surface area contributed by atoms with E-state index in [9.17, 15) is 14.4 Å². The number of rotatable bonds is 5. The lowest BCUT2D eigenvalue weighted by molar-refractivity contribution is -0.138. The van der Waals surface area contributed by atoms with Crippen LogP contribution in [-0.2, 0) is 21.5 Å². The fraction of sp³-hybridized carbons (Fsp3) is 0.227. The summed E-state index contributed by atoms with van der Waals surface area (Å²) in [6.07, 6.45) is 1.47. The van der Waals surface area contributed by atoms with Gasteiger partial charge in [0.25, 0.3) is 5.91 Å². The van der Waals surface area contributed by atoms with E-state index in [-0.39, 0.29) is 6.42 Å². The second-order valence-corrected chi connectivity index (χ2v) is 7.40. The van der Waals surface area contributed by atoms with Crippen molar-refractivity contribution in [1.29, 1.82) is 0 Å². The Morgan fingerprint density at radius 3 is 2.80 bits per heavy atom. The molecule has 1 atom stereocenters. The van der Waals surface area contributed by atoms with Crippen LogP contribution in [0.25, 0.3) is 11.0 Å². The summed E-state index contributed by atoms with van der Waals surface area (Å²) in [4.78, 5) is 38.0. The van der Waals surface area contributed by atoms with Crippen LogP contribution in [-0.4, -0.2) is 30.0 Å². The van der Waals surface area contributed by atoms with Crippen molar-refractivity contribution < 1.29 is 23.5 Å². The van der Waals surface area contributed by atoms with Gasteiger partial charge in [0.15, 0.2) is 0 Å². The fourth-order valence-corrected chi connectivity index (χ4v) is 3.53. The van der Waals surface area contributed by atoms with Gasteiger partial charge in [-0.2, -0.15) is 5.01 Å². The summed E-state index contributed by atoms with van der Waals surface area (Å²) in [7, 11) is 1.52. The highest BCUT2D eigenvalue weighted by Crippen LogP contribution is 2.30. The average molecular weight is 407 g/mol. The van der Waals surface area contributed by atoms with E-state index in [0.29, 0.717) is 27.5 Å². The third-order valence-corrected chi connectivity index (χ3v) is 5.24. The number of fused-ring (bicyclic) bond motifs is 1. The zero-order valence-electron chi connectivity index (χ0n) is 16.8. The van der Waals surface area contributed by atoms with E-state index >= 15 is 0 Å². The number of imide groups is 1. The van der Waals surface area contributed by atoms with Gasteiger partial charge >= 0.3 is 6.03 Å². The smallest absolute Gasteiger partial charge is 0.344 e. The molecule has 0 radical (unpaired) electrons. The Kier molecular flexibility index (Phi) is 4.69. The van der Waals surface area contributed by atoms with Gasteiger partial charge < -0.3 is 14.5 Å². The second-order valence-electron chi connectivity index (χ2n) is 7.40. The summed E-state index contributed by atoms with van der Waals surface area (Å²) in [6.45, 7) is 3.53. The van der Waals surface area contributed by atoms with Crippen LogP contribution in [0.4, 0.5) is 4.79 Å². The van der Waals surface area contributed by atoms with Gasteiger partial charge in [0.2, 0.25) is 5.91 Å². The molecule has 0 unspecified atom stereocenters. The molecule has 1 aliphatic heterocycles. The van der Waals surface area contributed by atoms with Gasteiger partial charge in [0.05, 0.1) is 19.8 Å². The molecule has 3 aromatic rings. The molecule has 0 saturated carbocycles. The molecule has 0 spiro atoms. The van der Waals surface area contributed by atoms with Gasteiger partial charge in [-0.05, 0) is 43.2 Å². The molecule has 1 aliphatic rings. The van der Waals surface area contributed by atoms with E-state index in [1.54, 1.807) is 31.2 Å². The first-order valence-corrected chi connectivity index (χ1v) is 9.39. The molecule has 154 valence electrons.